The van der Waals surface area contributed by atoms with Gasteiger partial charge in [0.05, 0.1) is 19.8 Å². The summed E-state index contributed by atoms with van der Waals surface area (Å²) in [4.78, 5) is 26.6. The molecule has 3 rings (SSSR count). The molecule has 1 fully saturated rings. The Morgan fingerprint density at radius 3 is 2.41 bits per heavy atom. The minimum Gasteiger partial charge on any atom is -0.379 e. The number of carbonyl (C=O) groups excluding carboxylic acids is 2. The number of hydrogen-bond acceptors (Lipinski definition) is 5. The number of hydrogen-bond donors (Lipinski definition) is 3. The normalized spacial score (nSPS) is 15.4. The summed E-state index contributed by atoms with van der Waals surface area (Å²) in [6.07, 6.45) is 0. The van der Waals surface area contributed by atoms with Gasteiger partial charge in [0, 0.05) is 34.6 Å². The van der Waals surface area contributed by atoms with E-state index < -0.39 is 6.04 Å². The lowest BCUT2D eigenvalue weighted by Crippen LogP contribution is -2.41. The van der Waals surface area contributed by atoms with Crippen molar-refractivity contribution < 1.29 is 14.3 Å². The lowest BCUT2D eigenvalue weighted by molar-refractivity contribution is -0.118. The van der Waals surface area contributed by atoms with Crippen LogP contribution >= 0.6 is 15.9 Å². The summed E-state index contributed by atoms with van der Waals surface area (Å²) in [5.74, 6) is -0.180. The number of nitrogens with one attached hydrogen (secondary N) is 3. The van der Waals surface area contributed by atoms with Crippen molar-refractivity contribution in [2.45, 2.75) is 13.0 Å². The van der Waals surface area contributed by atoms with Crippen LogP contribution in [0.25, 0.3) is 0 Å². The predicted molar refractivity (Wildman–Crippen MR) is 118 cm³/mol. The molecular formula is C21H25BrN4O3. The summed E-state index contributed by atoms with van der Waals surface area (Å²) in [6, 6.07) is 14.3. The first kappa shape index (κ1) is 21.3. The number of ether oxygens (including phenoxy) is 1. The number of carbonyl (C=O) groups is 2. The van der Waals surface area contributed by atoms with Crippen LogP contribution in [0.2, 0.25) is 0 Å². The molecule has 0 radical (unpaired) electrons. The standard InChI is InChI=1S/C21H25BrN4O3/c1-15(21(28)25-19-4-2-3-16(22)13-19)23-17-5-7-18(8-6-17)24-20(27)14-26-9-11-29-12-10-26/h2-8,13,15,23H,9-12,14H2,1H3,(H,24,27)(H,25,28). The molecule has 1 aliphatic heterocycles. The molecule has 0 saturated carbocycles. The molecule has 2 amide bonds. The molecule has 2 aromatic carbocycles. The highest BCUT2D eigenvalue weighted by Gasteiger charge is 2.15. The fourth-order valence-electron chi connectivity index (χ4n) is 2.94. The smallest absolute Gasteiger partial charge is 0.246 e. The molecule has 8 heteroatoms. The van der Waals surface area contributed by atoms with Crippen LogP contribution in [-0.2, 0) is 14.3 Å². The summed E-state index contributed by atoms with van der Waals surface area (Å²) in [5, 5.41) is 8.94. The molecule has 1 aliphatic rings. The lowest BCUT2D eigenvalue weighted by Gasteiger charge is -2.25. The number of rotatable bonds is 7. The SMILES string of the molecule is CC(Nc1ccc(NC(=O)CN2CCOCC2)cc1)C(=O)Nc1cccc(Br)c1. The van der Waals surface area contributed by atoms with Gasteiger partial charge in [0.25, 0.3) is 0 Å². The van der Waals surface area contributed by atoms with Crippen LogP contribution in [0.1, 0.15) is 6.92 Å². The second-order valence-electron chi connectivity index (χ2n) is 6.88. The average molecular weight is 461 g/mol. The van der Waals surface area contributed by atoms with E-state index >= 15 is 0 Å². The molecule has 0 spiro atoms. The molecule has 7 nitrogen and oxygen atoms in total. The van der Waals surface area contributed by atoms with Crippen LogP contribution < -0.4 is 16.0 Å². The number of anilines is 3. The minimum atomic E-state index is -0.421. The highest BCUT2D eigenvalue weighted by Crippen LogP contribution is 2.17. The van der Waals surface area contributed by atoms with E-state index in [2.05, 4.69) is 36.8 Å². The van der Waals surface area contributed by atoms with Crippen molar-refractivity contribution in [1.29, 1.82) is 0 Å². The highest BCUT2D eigenvalue weighted by molar-refractivity contribution is 9.10. The van der Waals surface area contributed by atoms with Crippen LogP contribution in [0.4, 0.5) is 17.1 Å². The van der Waals surface area contributed by atoms with Gasteiger partial charge in [0.15, 0.2) is 0 Å². The number of amides is 2. The maximum atomic E-state index is 12.4. The molecule has 1 heterocycles. The van der Waals surface area contributed by atoms with E-state index in [0.29, 0.717) is 19.8 Å². The molecule has 1 unspecified atom stereocenters. The molecule has 0 aromatic heterocycles. The monoisotopic (exact) mass is 460 g/mol. The molecule has 1 saturated heterocycles. The molecular weight excluding hydrogens is 436 g/mol. The Hall–Kier alpha value is -2.42. The molecule has 29 heavy (non-hydrogen) atoms. The van der Waals surface area contributed by atoms with Gasteiger partial charge >= 0.3 is 0 Å². The van der Waals surface area contributed by atoms with Gasteiger partial charge in [-0.1, -0.05) is 22.0 Å². The van der Waals surface area contributed by atoms with Crippen LogP contribution in [0.5, 0.6) is 0 Å². The predicted octanol–water partition coefficient (Wildman–Crippen LogP) is 3.16. The molecule has 3 N–H and O–H groups in total. The van der Waals surface area contributed by atoms with Gasteiger partial charge in [0.2, 0.25) is 11.8 Å². The van der Waals surface area contributed by atoms with E-state index in [4.69, 9.17) is 4.74 Å². The summed E-state index contributed by atoms with van der Waals surface area (Å²) in [7, 11) is 0. The Kier molecular flexibility index (Phi) is 7.62. The molecule has 154 valence electrons. The third kappa shape index (κ3) is 6.85. The molecule has 0 aliphatic carbocycles. The van der Waals surface area contributed by atoms with Gasteiger partial charge in [-0.2, -0.15) is 0 Å². The number of halogens is 1. The Morgan fingerprint density at radius 2 is 1.72 bits per heavy atom. The summed E-state index contributed by atoms with van der Waals surface area (Å²) >= 11 is 3.39. The van der Waals surface area contributed by atoms with Crippen molar-refractivity contribution in [2.75, 3.05) is 48.8 Å². The number of morpholine rings is 1. The van der Waals surface area contributed by atoms with E-state index in [1.165, 1.54) is 0 Å². The topological polar surface area (TPSA) is 82.7 Å². The second kappa shape index (κ2) is 10.4. The van der Waals surface area contributed by atoms with Crippen molar-refractivity contribution in [3.63, 3.8) is 0 Å². The third-order valence-corrected chi connectivity index (χ3v) is 5.00. The van der Waals surface area contributed by atoms with Crippen molar-refractivity contribution >= 4 is 44.8 Å². The van der Waals surface area contributed by atoms with Gasteiger partial charge in [-0.15, -0.1) is 0 Å². The molecule has 0 bridgehead atoms. The van der Waals surface area contributed by atoms with Crippen LogP contribution in [0, 0.1) is 0 Å². The first-order valence-electron chi connectivity index (χ1n) is 9.52. The maximum absolute atomic E-state index is 12.4. The first-order valence-corrected chi connectivity index (χ1v) is 10.3. The summed E-state index contributed by atoms with van der Waals surface area (Å²) < 4.78 is 6.19. The van der Waals surface area contributed by atoms with E-state index in [1.807, 2.05) is 48.5 Å². The van der Waals surface area contributed by atoms with E-state index in [1.54, 1.807) is 6.92 Å². The van der Waals surface area contributed by atoms with E-state index in [9.17, 15) is 9.59 Å². The van der Waals surface area contributed by atoms with Gasteiger partial charge in [0.1, 0.15) is 6.04 Å². The average Bonchev–Trinajstić information content (AvgIpc) is 2.70. The Balaban J connectivity index is 1.47. The largest absolute Gasteiger partial charge is 0.379 e. The zero-order chi connectivity index (χ0) is 20.6. The van der Waals surface area contributed by atoms with Gasteiger partial charge in [-0.3, -0.25) is 14.5 Å². The number of nitrogens with zero attached hydrogens (tertiary/aromatic N) is 1. The summed E-state index contributed by atoms with van der Waals surface area (Å²) in [5.41, 5.74) is 2.25. The Labute approximate surface area is 178 Å². The van der Waals surface area contributed by atoms with Crippen molar-refractivity contribution in [1.82, 2.24) is 4.90 Å². The molecule has 2 aromatic rings. The minimum absolute atomic E-state index is 0.0469. The zero-order valence-electron chi connectivity index (χ0n) is 16.3. The first-order chi connectivity index (χ1) is 14.0. The third-order valence-electron chi connectivity index (χ3n) is 4.51. The van der Waals surface area contributed by atoms with E-state index in [-0.39, 0.29) is 11.8 Å². The van der Waals surface area contributed by atoms with Gasteiger partial charge in [-0.25, -0.2) is 0 Å². The van der Waals surface area contributed by atoms with Gasteiger partial charge in [-0.05, 0) is 49.4 Å². The van der Waals surface area contributed by atoms with Crippen molar-refractivity contribution in [3.05, 3.63) is 53.0 Å². The van der Waals surface area contributed by atoms with E-state index in [0.717, 1.165) is 34.6 Å². The van der Waals surface area contributed by atoms with Crippen molar-refractivity contribution in [3.8, 4) is 0 Å². The summed E-state index contributed by atoms with van der Waals surface area (Å²) in [6.45, 7) is 5.04. The Bertz CT molecular complexity index is 838. The second-order valence-corrected chi connectivity index (χ2v) is 7.80. The Morgan fingerprint density at radius 1 is 1.03 bits per heavy atom. The van der Waals surface area contributed by atoms with Crippen LogP contribution in [0.15, 0.2) is 53.0 Å². The molecule has 1 atom stereocenters. The maximum Gasteiger partial charge on any atom is 0.246 e. The zero-order valence-corrected chi connectivity index (χ0v) is 17.9. The quantitative estimate of drug-likeness (QED) is 0.590. The highest BCUT2D eigenvalue weighted by atomic mass is 79.9. The van der Waals surface area contributed by atoms with Gasteiger partial charge < -0.3 is 20.7 Å². The fourth-order valence-corrected chi connectivity index (χ4v) is 3.34. The van der Waals surface area contributed by atoms with Crippen molar-refractivity contribution in [2.24, 2.45) is 0 Å². The number of benzene rings is 2. The van der Waals surface area contributed by atoms with Crippen LogP contribution in [-0.4, -0.2) is 55.6 Å². The lowest BCUT2D eigenvalue weighted by atomic mass is 10.2. The van der Waals surface area contributed by atoms with Crippen LogP contribution in [0.3, 0.4) is 0 Å². The fraction of sp³-hybridized carbons (Fsp3) is 0.333.